The fourth-order valence-corrected chi connectivity index (χ4v) is 3.46. The van der Waals surface area contributed by atoms with Crippen LogP contribution in [0.4, 0.5) is 4.39 Å². The topological polar surface area (TPSA) is 99.1 Å². The number of amides is 2. The average Bonchev–Trinajstić information content (AvgIpc) is 2.74. The zero-order chi connectivity index (χ0) is 21.7. The number of benzene rings is 2. The molecule has 2 aromatic carbocycles. The third kappa shape index (κ3) is 5.14. The van der Waals surface area contributed by atoms with E-state index in [9.17, 15) is 24.2 Å². The lowest BCUT2D eigenvalue weighted by molar-refractivity contribution is -0.166. The summed E-state index contributed by atoms with van der Waals surface area (Å²) < 4.78 is 19.2. The van der Waals surface area contributed by atoms with Gasteiger partial charge in [-0.3, -0.25) is 9.59 Å². The predicted molar refractivity (Wildman–Crippen MR) is 107 cm³/mol. The zero-order valence-corrected chi connectivity index (χ0v) is 16.8. The van der Waals surface area contributed by atoms with Crippen LogP contribution in [0, 0.1) is 5.82 Å². The summed E-state index contributed by atoms with van der Waals surface area (Å²) in [6, 6.07) is 10.8. The van der Waals surface area contributed by atoms with Gasteiger partial charge in [0.1, 0.15) is 12.4 Å². The number of hydrogen-bond acceptors (Lipinski definition) is 5. The Bertz CT molecular complexity index is 891. The highest BCUT2D eigenvalue weighted by Gasteiger charge is 2.42. The highest BCUT2D eigenvalue weighted by Crippen LogP contribution is 2.32. The quantitative estimate of drug-likeness (QED) is 0.609. The Morgan fingerprint density at radius 3 is 2.57 bits per heavy atom. The van der Waals surface area contributed by atoms with Gasteiger partial charge in [0.25, 0.3) is 5.91 Å². The highest BCUT2D eigenvalue weighted by molar-refractivity contribution is 6.30. The van der Waals surface area contributed by atoms with Crippen molar-refractivity contribution in [1.82, 2.24) is 10.2 Å². The lowest BCUT2D eigenvalue weighted by atomic mass is 9.96. The molecule has 0 radical (unpaired) electrons. The van der Waals surface area contributed by atoms with Crippen LogP contribution in [0.2, 0.25) is 5.02 Å². The Morgan fingerprint density at radius 1 is 1.23 bits per heavy atom. The van der Waals surface area contributed by atoms with Crippen LogP contribution < -0.4 is 5.32 Å². The number of nitrogens with one attached hydrogen (secondary N) is 1. The minimum absolute atomic E-state index is 0.0699. The molecule has 2 aromatic rings. The number of nitrogens with zero attached hydrogens (tertiary/aromatic N) is 1. The molecule has 2 atom stereocenters. The molecule has 0 aliphatic carbocycles. The third-order valence-electron chi connectivity index (χ3n) is 4.83. The van der Waals surface area contributed by atoms with Crippen molar-refractivity contribution >= 4 is 23.4 Å². The van der Waals surface area contributed by atoms with E-state index in [1.54, 1.807) is 36.4 Å². The Kier molecular flexibility index (Phi) is 7.38. The number of carbonyl (C=O) groups excluding carboxylic acids is 2. The van der Waals surface area contributed by atoms with Crippen LogP contribution in [0.15, 0.2) is 48.5 Å². The molecule has 0 saturated carbocycles. The molecule has 0 spiro atoms. The van der Waals surface area contributed by atoms with Gasteiger partial charge in [-0.05, 0) is 35.4 Å². The largest absolute Gasteiger partial charge is 0.394 e. The Labute approximate surface area is 178 Å². The van der Waals surface area contributed by atoms with E-state index >= 15 is 0 Å². The first-order valence-electron chi connectivity index (χ1n) is 9.36. The molecule has 0 bridgehead atoms. The number of ether oxygens (including phenoxy) is 1. The second-order valence-corrected chi connectivity index (χ2v) is 7.39. The Balaban J connectivity index is 1.96. The van der Waals surface area contributed by atoms with Gasteiger partial charge in [-0.2, -0.15) is 0 Å². The Hall–Kier alpha value is -2.52. The molecule has 3 rings (SSSR count). The van der Waals surface area contributed by atoms with E-state index in [1.165, 1.54) is 17.0 Å². The second-order valence-electron chi connectivity index (χ2n) is 6.95. The molecule has 160 valence electrons. The molecule has 1 aliphatic rings. The SMILES string of the molecule is O=C(NC(CO)CO)[C@H]1OCC(=O)N(Cc2cccc(F)c2)[C@@H]1c1ccc(Cl)cc1. The number of morpholine rings is 1. The van der Waals surface area contributed by atoms with Gasteiger partial charge in [-0.1, -0.05) is 35.9 Å². The molecular formula is C21H22ClFN2O5. The molecule has 30 heavy (non-hydrogen) atoms. The van der Waals surface area contributed by atoms with Gasteiger partial charge in [0, 0.05) is 11.6 Å². The number of aliphatic hydroxyl groups is 2. The van der Waals surface area contributed by atoms with Crippen molar-refractivity contribution in [2.45, 2.75) is 24.7 Å². The van der Waals surface area contributed by atoms with Gasteiger partial charge in [-0.25, -0.2) is 4.39 Å². The summed E-state index contributed by atoms with van der Waals surface area (Å²) >= 11 is 5.98. The number of aliphatic hydroxyl groups excluding tert-OH is 2. The normalized spacial score (nSPS) is 19.2. The fourth-order valence-electron chi connectivity index (χ4n) is 3.34. The third-order valence-corrected chi connectivity index (χ3v) is 5.08. The minimum atomic E-state index is -1.10. The van der Waals surface area contributed by atoms with E-state index in [1.807, 2.05) is 0 Å². The van der Waals surface area contributed by atoms with Gasteiger partial charge >= 0.3 is 0 Å². The molecule has 7 nitrogen and oxygen atoms in total. The summed E-state index contributed by atoms with van der Waals surface area (Å²) in [5.41, 5.74) is 1.17. The zero-order valence-electron chi connectivity index (χ0n) is 16.0. The van der Waals surface area contributed by atoms with Crippen molar-refractivity contribution in [2.24, 2.45) is 0 Å². The molecule has 9 heteroatoms. The van der Waals surface area contributed by atoms with Crippen LogP contribution in [0.5, 0.6) is 0 Å². The molecule has 0 aromatic heterocycles. The lowest BCUT2D eigenvalue weighted by Crippen LogP contribution is -2.56. The van der Waals surface area contributed by atoms with Crippen molar-refractivity contribution in [3.8, 4) is 0 Å². The van der Waals surface area contributed by atoms with Gasteiger partial charge in [0.15, 0.2) is 6.10 Å². The summed E-state index contributed by atoms with van der Waals surface area (Å²) in [5.74, 6) is -1.37. The number of rotatable bonds is 7. The van der Waals surface area contributed by atoms with Crippen LogP contribution >= 0.6 is 11.6 Å². The summed E-state index contributed by atoms with van der Waals surface area (Å²) in [6.07, 6.45) is -1.10. The van der Waals surface area contributed by atoms with E-state index in [-0.39, 0.29) is 19.1 Å². The van der Waals surface area contributed by atoms with Crippen LogP contribution in [-0.4, -0.2) is 58.9 Å². The first-order chi connectivity index (χ1) is 14.4. The van der Waals surface area contributed by atoms with Crippen LogP contribution in [-0.2, 0) is 20.9 Å². The van der Waals surface area contributed by atoms with Gasteiger partial charge in [-0.15, -0.1) is 0 Å². The lowest BCUT2D eigenvalue weighted by Gasteiger charge is -2.41. The molecule has 1 fully saturated rings. The van der Waals surface area contributed by atoms with Crippen LogP contribution in [0.1, 0.15) is 17.2 Å². The van der Waals surface area contributed by atoms with Gasteiger partial charge in [0.2, 0.25) is 5.91 Å². The van der Waals surface area contributed by atoms with E-state index < -0.39 is 43.1 Å². The Morgan fingerprint density at radius 2 is 1.93 bits per heavy atom. The second kappa shape index (κ2) is 9.99. The van der Waals surface area contributed by atoms with E-state index in [2.05, 4.69) is 5.32 Å². The maximum absolute atomic E-state index is 13.7. The minimum Gasteiger partial charge on any atom is -0.394 e. The molecule has 1 heterocycles. The number of carbonyl (C=O) groups is 2. The standard InChI is InChI=1S/C21H22ClFN2O5/c22-15-6-4-14(5-7-15)19-20(21(29)24-17(10-26)11-27)30-12-18(28)25(19)9-13-2-1-3-16(23)8-13/h1-8,17,19-20,26-27H,9-12H2,(H,24,29)/t19-,20+/m1/s1. The first-order valence-corrected chi connectivity index (χ1v) is 9.73. The molecule has 1 saturated heterocycles. The monoisotopic (exact) mass is 436 g/mol. The number of halogens is 2. The van der Waals surface area contributed by atoms with Crippen LogP contribution in [0.25, 0.3) is 0 Å². The summed E-state index contributed by atoms with van der Waals surface area (Å²) in [5, 5.41) is 21.5. The summed E-state index contributed by atoms with van der Waals surface area (Å²) in [6.45, 7) is -1.17. The van der Waals surface area contributed by atoms with Gasteiger partial charge in [0.05, 0.1) is 25.3 Å². The number of hydrogen-bond donors (Lipinski definition) is 3. The van der Waals surface area contributed by atoms with E-state index in [4.69, 9.17) is 16.3 Å². The maximum Gasteiger partial charge on any atom is 0.252 e. The average molecular weight is 437 g/mol. The van der Waals surface area contributed by atoms with E-state index in [0.29, 0.717) is 16.1 Å². The molecular weight excluding hydrogens is 415 g/mol. The van der Waals surface area contributed by atoms with Crippen LogP contribution in [0.3, 0.4) is 0 Å². The molecule has 3 N–H and O–H groups in total. The predicted octanol–water partition coefficient (Wildman–Crippen LogP) is 1.42. The van der Waals surface area contributed by atoms with Crippen molar-refractivity contribution in [3.63, 3.8) is 0 Å². The summed E-state index contributed by atoms with van der Waals surface area (Å²) in [4.78, 5) is 27.0. The van der Waals surface area contributed by atoms with Crippen molar-refractivity contribution in [2.75, 3.05) is 19.8 Å². The first kappa shape index (κ1) is 22.2. The van der Waals surface area contributed by atoms with Gasteiger partial charge < -0.3 is 25.2 Å². The maximum atomic E-state index is 13.7. The van der Waals surface area contributed by atoms with Crippen molar-refractivity contribution < 1.29 is 28.9 Å². The fraction of sp³-hybridized carbons (Fsp3) is 0.333. The molecule has 0 unspecified atom stereocenters. The molecule has 1 aliphatic heterocycles. The smallest absolute Gasteiger partial charge is 0.252 e. The highest BCUT2D eigenvalue weighted by atomic mass is 35.5. The van der Waals surface area contributed by atoms with Crippen molar-refractivity contribution in [1.29, 1.82) is 0 Å². The molecule has 2 amide bonds. The van der Waals surface area contributed by atoms with Crippen molar-refractivity contribution in [3.05, 3.63) is 70.5 Å². The van der Waals surface area contributed by atoms with E-state index in [0.717, 1.165) is 0 Å². The summed E-state index contributed by atoms with van der Waals surface area (Å²) in [7, 11) is 0.